The maximum Gasteiger partial charge on any atom is 0.407 e. The van der Waals surface area contributed by atoms with Crippen molar-refractivity contribution in [1.82, 2.24) is 50.2 Å². The van der Waals surface area contributed by atoms with Crippen molar-refractivity contribution in [2.45, 2.75) is 63.9 Å². The van der Waals surface area contributed by atoms with Crippen molar-refractivity contribution in [2.75, 3.05) is 40.8 Å². The second kappa shape index (κ2) is 19.6. The lowest BCUT2D eigenvalue weighted by Gasteiger charge is -2.29. The van der Waals surface area contributed by atoms with Crippen molar-refractivity contribution >= 4 is 62.1 Å². The van der Waals surface area contributed by atoms with Gasteiger partial charge in [0, 0.05) is 33.9 Å². The average molecular weight is 1030 g/mol. The summed E-state index contributed by atoms with van der Waals surface area (Å²) >= 11 is 3.36. The number of nitrogens with one attached hydrogen (secondary N) is 4. The number of aromatic nitrogens is 4. The van der Waals surface area contributed by atoms with Crippen LogP contribution in [-0.4, -0.2) is 116 Å². The highest BCUT2D eigenvalue weighted by Crippen LogP contribution is 2.43. The number of thiophene rings is 2. The molecule has 4 atom stereocenters. The van der Waals surface area contributed by atoms with Crippen molar-refractivity contribution in [2.24, 2.45) is 5.92 Å². The molecule has 0 aliphatic carbocycles. The van der Waals surface area contributed by atoms with E-state index in [1.165, 1.54) is 14.2 Å². The number of imidazole rings is 2. The Morgan fingerprint density at radius 1 is 0.712 bits per heavy atom. The first-order valence-corrected chi connectivity index (χ1v) is 25.6. The van der Waals surface area contributed by atoms with E-state index in [-0.39, 0.29) is 49.8 Å². The zero-order valence-electron chi connectivity index (χ0n) is 40.4. The number of fused-ring (bicyclic) bond motifs is 3. The van der Waals surface area contributed by atoms with E-state index in [4.69, 9.17) is 28.9 Å². The van der Waals surface area contributed by atoms with Gasteiger partial charge in [0.25, 0.3) is 5.91 Å². The smallest absolute Gasteiger partial charge is 0.407 e. The molecule has 8 heterocycles. The molecule has 1 unspecified atom stereocenters. The molecule has 2 fully saturated rings. The van der Waals surface area contributed by atoms with Crippen LogP contribution in [0.3, 0.4) is 0 Å². The molecule has 0 bridgehead atoms. The van der Waals surface area contributed by atoms with E-state index in [1.807, 2.05) is 74.6 Å². The van der Waals surface area contributed by atoms with Gasteiger partial charge in [-0.05, 0) is 70.8 Å². The van der Waals surface area contributed by atoms with Gasteiger partial charge in [-0.15, -0.1) is 22.7 Å². The Morgan fingerprint density at radius 2 is 1.33 bits per heavy atom. The predicted octanol–water partition coefficient (Wildman–Crippen LogP) is 8.56. The van der Waals surface area contributed by atoms with Gasteiger partial charge in [0.1, 0.15) is 29.8 Å². The summed E-state index contributed by atoms with van der Waals surface area (Å²) in [4.78, 5) is 92.7. The summed E-state index contributed by atoms with van der Waals surface area (Å²) < 4.78 is 23.1. The Bertz CT molecular complexity index is 3180. The molecule has 4 aliphatic heterocycles. The van der Waals surface area contributed by atoms with Gasteiger partial charge in [0.05, 0.1) is 62.1 Å². The van der Waals surface area contributed by atoms with Crippen LogP contribution in [0.1, 0.15) is 73.2 Å². The van der Waals surface area contributed by atoms with Crippen LogP contribution in [0.25, 0.3) is 41.7 Å². The molecular formula is C52H52N10O9S2. The SMILES string of the molecule is COC(=O)NC(C(=O)N1CCC[C@H]1c1ncc(-c2cc3sc(-c4ccc(-c5cnc([C@@H]6CN(C(=O)N7Cc8cc9c(cc8C7)OCO9)CN6C(=O)[C@@H](NC(=O)OC)C(C)C)[nH]5)cc4)cc3s2)[nH]1)c1ccccc1. The quantitative estimate of drug-likeness (QED) is 0.0963. The molecule has 2 saturated heterocycles. The number of carbonyl (C=O) groups excluding carboxylic acids is 5. The number of carbonyl (C=O) groups is 5. The van der Waals surface area contributed by atoms with Crippen LogP contribution >= 0.6 is 22.7 Å². The Labute approximate surface area is 427 Å². The molecule has 73 heavy (non-hydrogen) atoms. The lowest BCUT2D eigenvalue weighted by atomic mass is 10.0. The summed E-state index contributed by atoms with van der Waals surface area (Å²) in [5, 5.41) is 5.42. The highest BCUT2D eigenvalue weighted by molar-refractivity contribution is 7.31. The Kier molecular flexibility index (Phi) is 12.7. The van der Waals surface area contributed by atoms with Gasteiger partial charge in [-0.2, -0.15) is 0 Å². The third-order valence-corrected chi connectivity index (χ3v) is 16.2. The Morgan fingerprint density at radius 3 is 2.01 bits per heavy atom. The number of ether oxygens (including phenoxy) is 4. The van der Waals surface area contributed by atoms with Gasteiger partial charge in [-0.25, -0.2) is 24.4 Å². The number of rotatable bonds is 11. The van der Waals surface area contributed by atoms with Gasteiger partial charge in [-0.1, -0.05) is 68.4 Å². The second-order valence-electron chi connectivity index (χ2n) is 18.7. The molecule has 0 radical (unpaired) electrons. The van der Waals surface area contributed by atoms with E-state index in [1.54, 1.807) is 48.5 Å². The van der Waals surface area contributed by atoms with Crippen LogP contribution in [0.2, 0.25) is 0 Å². The minimum atomic E-state index is -0.909. The molecule has 4 N–H and O–H groups in total. The number of methoxy groups -OCH3 is 2. The Balaban J connectivity index is 0.779. The highest BCUT2D eigenvalue weighted by Gasteiger charge is 2.44. The number of hydrogen-bond donors (Lipinski definition) is 4. The molecule has 11 rings (SSSR count). The van der Waals surface area contributed by atoms with Crippen LogP contribution in [0.4, 0.5) is 14.4 Å². The van der Waals surface area contributed by atoms with Gasteiger partial charge in [0.2, 0.25) is 12.7 Å². The molecule has 3 aromatic carbocycles. The minimum absolute atomic E-state index is 0.00631. The number of hydrogen-bond acceptors (Lipinski definition) is 13. The predicted molar refractivity (Wildman–Crippen MR) is 271 cm³/mol. The average Bonchev–Trinajstić information content (AvgIpc) is 4.26. The van der Waals surface area contributed by atoms with Crippen molar-refractivity contribution in [3.8, 4) is 43.8 Å². The summed E-state index contributed by atoms with van der Waals surface area (Å²) in [6.45, 7) is 5.35. The fourth-order valence-electron chi connectivity index (χ4n) is 10.0. The number of H-pyrrole nitrogens is 2. The van der Waals surface area contributed by atoms with Gasteiger partial charge >= 0.3 is 18.2 Å². The molecule has 21 heteroatoms. The van der Waals surface area contributed by atoms with E-state index in [0.29, 0.717) is 48.3 Å². The molecule has 6 amide bonds. The van der Waals surface area contributed by atoms with Crippen LogP contribution in [-0.2, 0) is 32.2 Å². The first kappa shape index (κ1) is 47.4. The number of aromatic amines is 2. The lowest BCUT2D eigenvalue weighted by Crippen LogP contribution is -2.52. The largest absolute Gasteiger partial charge is 0.454 e. The van der Waals surface area contributed by atoms with E-state index < -0.39 is 30.3 Å². The summed E-state index contributed by atoms with van der Waals surface area (Å²) in [5.74, 6) is 1.67. The molecule has 7 aromatic rings. The topological polar surface area (TPSA) is 217 Å². The summed E-state index contributed by atoms with van der Waals surface area (Å²) in [6, 6.07) is 22.6. The zero-order valence-corrected chi connectivity index (χ0v) is 42.0. The number of alkyl carbamates (subject to hydrolysis) is 2. The van der Waals surface area contributed by atoms with Crippen molar-refractivity contribution in [3.63, 3.8) is 0 Å². The molecule has 376 valence electrons. The zero-order chi connectivity index (χ0) is 50.5. The monoisotopic (exact) mass is 1020 g/mol. The van der Waals surface area contributed by atoms with Crippen molar-refractivity contribution < 1.29 is 42.9 Å². The molecule has 0 saturated carbocycles. The number of amides is 6. The van der Waals surface area contributed by atoms with Gasteiger partial charge < -0.3 is 59.1 Å². The maximum absolute atomic E-state index is 14.4. The summed E-state index contributed by atoms with van der Waals surface area (Å²) in [6.07, 6.45) is 3.70. The normalized spacial score (nSPS) is 17.8. The highest BCUT2D eigenvalue weighted by atomic mass is 32.1. The van der Waals surface area contributed by atoms with Gasteiger partial charge in [0.15, 0.2) is 11.5 Å². The van der Waals surface area contributed by atoms with Crippen LogP contribution in [0, 0.1) is 5.92 Å². The van der Waals surface area contributed by atoms with E-state index >= 15 is 0 Å². The van der Waals surface area contributed by atoms with Crippen LogP contribution < -0.4 is 20.1 Å². The number of benzene rings is 3. The van der Waals surface area contributed by atoms with Gasteiger partial charge in [-0.3, -0.25) is 9.59 Å². The van der Waals surface area contributed by atoms with E-state index in [9.17, 15) is 24.0 Å². The standard InChI is InChI=1S/C52H52N10O9S2/c1-28(2)44(57-50(65)68-3)48(63)62-26-60(52(67)59-23-32-17-38-39(71-27-70-38)18-33(32)24-59)25-37(62)47-53-21-34(55-47)29-12-14-30(15-13-29)40-19-42-43(72-40)20-41(73-42)35-22-54-46(56-35)36-11-8-16-61(36)49(64)45(58-51(66)69-4)31-9-6-5-7-10-31/h5-7,9-10,12-15,17-22,28,36-37,44-45H,8,11,16,23-27H2,1-4H3,(H,53,55)(H,54,56)(H,57,65)(H,58,66)/t36-,37-,44-,45?/m0/s1. The summed E-state index contributed by atoms with van der Waals surface area (Å²) in [7, 11) is 2.53. The molecular weight excluding hydrogens is 973 g/mol. The molecule has 4 aromatic heterocycles. The second-order valence-corrected chi connectivity index (χ2v) is 20.9. The number of likely N-dealkylation sites (tertiary alicyclic amines) is 1. The number of nitrogens with zero attached hydrogens (tertiary/aromatic N) is 6. The molecule has 4 aliphatic rings. The lowest BCUT2D eigenvalue weighted by molar-refractivity contribution is -0.136. The summed E-state index contributed by atoms with van der Waals surface area (Å²) in [5.41, 5.74) is 6.19. The first-order valence-electron chi connectivity index (χ1n) is 24.0. The fraction of sp³-hybridized carbons (Fsp3) is 0.327. The molecule has 19 nitrogen and oxygen atoms in total. The Hall–Kier alpha value is -7.91. The number of urea groups is 1. The van der Waals surface area contributed by atoms with E-state index in [0.717, 1.165) is 65.6 Å². The van der Waals surface area contributed by atoms with Crippen LogP contribution in [0.5, 0.6) is 11.5 Å². The third kappa shape index (κ3) is 9.18. The van der Waals surface area contributed by atoms with Crippen molar-refractivity contribution in [1.29, 1.82) is 0 Å². The fourth-order valence-corrected chi connectivity index (χ4v) is 12.4. The third-order valence-electron chi connectivity index (χ3n) is 13.9. The van der Waals surface area contributed by atoms with Crippen LogP contribution in [0.15, 0.2) is 91.3 Å². The molecule has 0 spiro atoms. The van der Waals surface area contributed by atoms with E-state index in [2.05, 4.69) is 44.9 Å². The van der Waals surface area contributed by atoms with Crippen molar-refractivity contribution in [3.05, 3.63) is 120 Å². The minimum Gasteiger partial charge on any atom is -0.454 e. The maximum atomic E-state index is 14.4. The first-order chi connectivity index (χ1) is 35.4.